The van der Waals surface area contributed by atoms with Gasteiger partial charge in [-0.05, 0) is 0 Å². The predicted molar refractivity (Wildman–Crippen MR) is 66.0 cm³/mol. The first-order chi connectivity index (χ1) is 8.17. The van der Waals surface area contributed by atoms with E-state index in [1.807, 2.05) is 30.3 Å². The Bertz CT molecular complexity index is 359. The lowest BCUT2D eigenvalue weighted by atomic mass is 10.4. The van der Waals surface area contributed by atoms with Crippen molar-refractivity contribution in [3.8, 4) is 0 Å². The van der Waals surface area contributed by atoms with Gasteiger partial charge in [0.05, 0.1) is 0 Å². The van der Waals surface area contributed by atoms with Crippen molar-refractivity contribution in [1.29, 1.82) is 0 Å². The number of carbonyl (C=O) groups excluding carboxylic acids is 2. The Morgan fingerprint density at radius 2 is 1.47 bits per heavy atom. The molecule has 0 heterocycles. The van der Waals surface area contributed by atoms with Crippen molar-refractivity contribution in [2.75, 3.05) is 0 Å². The quantitative estimate of drug-likeness (QED) is 0.734. The molecule has 4 nitrogen and oxygen atoms in total. The summed E-state index contributed by atoms with van der Waals surface area (Å²) in [7, 11) is -2.44. The van der Waals surface area contributed by atoms with Gasteiger partial charge in [-0.3, -0.25) is 9.59 Å². The van der Waals surface area contributed by atoms with E-state index in [1.165, 1.54) is 0 Å². The Kier molecular flexibility index (Phi) is 5.42. The third-order valence-electron chi connectivity index (χ3n) is 2.13. The number of hydrogen-bond donors (Lipinski definition) is 0. The van der Waals surface area contributed by atoms with Crippen LogP contribution in [0.5, 0.6) is 0 Å². The molecule has 0 bridgehead atoms. The lowest BCUT2D eigenvalue weighted by Crippen LogP contribution is -2.40. The molecule has 0 amide bonds. The average Bonchev–Trinajstić information content (AvgIpc) is 2.38. The molecule has 0 aliphatic rings. The molecular weight excluding hydrogens is 236 g/mol. The van der Waals surface area contributed by atoms with Crippen molar-refractivity contribution < 1.29 is 18.4 Å². The summed E-state index contributed by atoms with van der Waals surface area (Å²) in [5.74, 6) is -0.677. The monoisotopic (exact) mass is 252 g/mol. The van der Waals surface area contributed by atoms with Crippen molar-refractivity contribution in [1.82, 2.24) is 0 Å². The average molecular weight is 252 g/mol. The van der Waals surface area contributed by atoms with Crippen LogP contribution in [0.15, 0.2) is 30.3 Å². The molecule has 0 spiro atoms. The Morgan fingerprint density at radius 3 is 1.88 bits per heavy atom. The van der Waals surface area contributed by atoms with Crippen LogP contribution in [-0.4, -0.2) is 21.2 Å². The molecular formula is C12H16O4Si. The number of hydrogen-bond acceptors (Lipinski definition) is 4. The molecule has 0 aliphatic carbocycles. The molecule has 0 radical (unpaired) electrons. The second-order valence-electron chi connectivity index (χ2n) is 3.43. The van der Waals surface area contributed by atoms with Crippen molar-refractivity contribution in [2.45, 2.75) is 26.7 Å². The summed E-state index contributed by atoms with van der Waals surface area (Å²) in [6.45, 7) is 3.42. The molecule has 0 aliphatic heterocycles. The summed E-state index contributed by atoms with van der Waals surface area (Å²) in [5.41, 5.74) is 0. The number of rotatable bonds is 5. The van der Waals surface area contributed by atoms with E-state index < -0.39 is 9.28 Å². The van der Waals surface area contributed by atoms with Gasteiger partial charge in [0, 0.05) is 18.0 Å². The van der Waals surface area contributed by atoms with Gasteiger partial charge < -0.3 is 8.85 Å². The van der Waals surface area contributed by atoms with Gasteiger partial charge in [0.2, 0.25) is 0 Å². The van der Waals surface area contributed by atoms with E-state index in [0.717, 1.165) is 5.19 Å². The highest BCUT2D eigenvalue weighted by atomic mass is 28.3. The molecule has 0 saturated heterocycles. The van der Waals surface area contributed by atoms with Crippen LogP contribution in [0.4, 0.5) is 0 Å². The molecule has 1 aromatic carbocycles. The molecule has 5 heteroatoms. The maximum Gasteiger partial charge on any atom is 0.483 e. The normalized spacial score (nSPS) is 10.1. The van der Waals surface area contributed by atoms with E-state index >= 15 is 0 Å². The zero-order valence-corrected chi connectivity index (χ0v) is 11.2. The van der Waals surface area contributed by atoms with E-state index in [-0.39, 0.29) is 24.8 Å². The van der Waals surface area contributed by atoms with Crippen LogP contribution in [-0.2, 0) is 18.4 Å². The Balaban J connectivity index is 2.79. The molecule has 1 aromatic rings. The van der Waals surface area contributed by atoms with E-state index in [2.05, 4.69) is 0 Å². The van der Waals surface area contributed by atoms with Crippen LogP contribution in [0.3, 0.4) is 0 Å². The Hall–Kier alpha value is -1.62. The van der Waals surface area contributed by atoms with E-state index in [9.17, 15) is 9.59 Å². The molecule has 0 saturated carbocycles. The molecule has 0 aromatic heterocycles. The van der Waals surface area contributed by atoms with E-state index in [4.69, 9.17) is 8.85 Å². The highest BCUT2D eigenvalue weighted by molar-refractivity contribution is 6.64. The minimum absolute atomic E-state index is 0.278. The summed E-state index contributed by atoms with van der Waals surface area (Å²) in [6.07, 6.45) is 0.556. The highest BCUT2D eigenvalue weighted by Crippen LogP contribution is 1.98. The highest BCUT2D eigenvalue weighted by Gasteiger charge is 2.24. The smallest absolute Gasteiger partial charge is 0.483 e. The summed E-state index contributed by atoms with van der Waals surface area (Å²) >= 11 is 0. The van der Waals surface area contributed by atoms with Crippen LogP contribution in [0, 0.1) is 0 Å². The SMILES string of the molecule is CCC(=O)O[SiH](OC(=O)CC)c1ccccc1. The lowest BCUT2D eigenvalue weighted by Gasteiger charge is -2.16. The predicted octanol–water partition coefficient (Wildman–Crippen LogP) is 1.02. The topological polar surface area (TPSA) is 52.6 Å². The fourth-order valence-electron chi connectivity index (χ4n) is 1.18. The molecule has 1 rings (SSSR count). The van der Waals surface area contributed by atoms with Crippen molar-refractivity contribution in [3.63, 3.8) is 0 Å². The summed E-state index contributed by atoms with van der Waals surface area (Å²) in [6, 6.07) is 9.13. The van der Waals surface area contributed by atoms with Gasteiger partial charge in [-0.1, -0.05) is 44.2 Å². The van der Waals surface area contributed by atoms with Gasteiger partial charge in [0.15, 0.2) is 0 Å². The third-order valence-corrected chi connectivity index (χ3v) is 4.01. The second kappa shape index (κ2) is 6.85. The van der Waals surface area contributed by atoms with Gasteiger partial charge in [-0.2, -0.15) is 0 Å². The van der Waals surface area contributed by atoms with Gasteiger partial charge in [0.1, 0.15) is 0 Å². The maximum atomic E-state index is 11.3. The molecule has 0 unspecified atom stereocenters. The fourth-order valence-corrected chi connectivity index (χ4v) is 2.84. The second-order valence-corrected chi connectivity index (χ2v) is 5.23. The Morgan fingerprint density at radius 1 is 1.00 bits per heavy atom. The first-order valence-corrected chi connectivity index (χ1v) is 7.13. The minimum atomic E-state index is -2.44. The minimum Gasteiger partial charge on any atom is -0.484 e. The van der Waals surface area contributed by atoms with E-state index in [1.54, 1.807) is 13.8 Å². The maximum absolute atomic E-state index is 11.3. The first-order valence-electron chi connectivity index (χ1n) is 5.61. The van der Waals surface area contributed by atoms with Gasteiger partial charge in [-0.15, -0.1) is 0 Å². The largest absolute Gasteiger partial charge is 0.484 e. The fraction of sp³-hybridized carbons (Fsp3) is 0.333. The summed E-state index contributed by atoms with van der Waals surface area (Å²) in [4.78, 5) is 22.6. The summed E-state index contributed by atoms with van der Waals surface area (Å²) in [5, 5.41) is 0.788. The number of benzene rings is 1. The zero-order chi connectivity index (χ0) is 12.7. The molecule has 0 fully saturated rings. The van der Waals surface area contributed by atoms with Gasteiger partial charge >= 0.3 is 9.28 Å². The Labute approximate surface area is 102 Å². The molecule has 0 N–H and O–H groups in total. The molecule has 92 valence electrons. The van der Waals surface area contributed by atoms with Crippen molar-refractivity contribution in [3.05, 3.63) is 30.3 Å². The third kappa shape index (κ3) is 4.40. The van der Waals surface area contributed by atoms with Crippen LogP contribution in [0.1, 0.15) is 26.7 Å². The van der Waals surface area contributed by atoms with Crippen molar-refractivity contribution >= 4 is 26.4 Å². The van der Waals surface area contributed by atoms with Crippen LogP contribution in [0.2, 0.25) is 0 Å². The van der Waals surface area contributed by atoms with Crippen molar-refractivity contribution in [2.24, 2.45) is 0 Å². The van der Waals surface area contributed by atoms with Crippen LogP contribution >= 0.6 is 0 Å². The zero-order valence-electron chi connectivity index (χ0n) is 10.0. The lowest BCUT2D eigenvalue weighted by molar-refractivity contribution is -0.139. The molecule has 17 heavy (non-hydrogen) atoms. The number of carbonyl (C=O) groups is 2. The summed E-state index contributed by atoms with van der Waals surface area (Å²) < 4.78 is 10.4. The van der Waals surface area contributed by atoms with Crippen LogP contribution < -0.4 is 5.19 Å². The molecule has 0 atom stereocenters. The van der Waals surface area contributed by atoms with Gasteiger partial charge in [-0.25, -0.2) is 0 Å². The standard InChI is InChI=1S/C12H16O4Si/c1-3-11(13)15-17(16-12(14)4-2)10-8-6-5-7-9-10/h5-9,17H,3-4H2,1-2H3. The van der Waals surface area contributed by atoms with Gasteiger partial charge in [0.25, 0.3) is 11.9 Å². The first kappa shape index (κ1) is 13.4. The van der Waals surface area contributed by atoms with Crippen LogP contribution in [0.25, 0.3) is 0 Å². The van der Waals surface area contributed by atoms with E-state index in [0.29, 0.717) is 0 Å².